The number of benzene rings is 1. The lowest BCUT2D eigenvalue weighted by atomic mass is 10.2. The molecule has 0 bridgehead atoms. The summed E-state index contributed by atoms with van der Waals surface area (Å²) in [6.07, 6.45) is 0.171. The average Bonchev–Trinajstić information content (AvgIpc) is 2.49. The highest BCUT2D eigenvalue weighted by Crippen LogP contribution is 2.23. The van der Waals surface area contributed by atoms with E-state index in [1.54, 1.807) is 0 Å². The number of rotatable bonds is 6. The molecule has 0 fully saturated rings. The van der Waals surface area contributed by atoms with E-state index in [0.717, 1.165) is 18.2 Å². The van der Waals surface area contributed by atoms with Gasteiger partial charge in [-0.25, -0.2) is 4.79 Å². The van der Waals surface area contributed by atoms with Crippen molar-refractivity contribution in [2.24, 2.45) is 0 Å². The van der Waals surface area contributed by atoms with Crippen molar-refractivity contribution in [3.05, 3.63) is 38.9 Å². The molecule has 1 amide bonds. The first-order valence-electron chi connectivity index (χ1n) is 6.08. The van der Waals surface area contributed by atoms with E-state index in [2.05, 4.69) is 0 Å². The number of esters is 1. The van der Waals surface area contributed by atoms with E-state index in [0.29, 0.717) is 0 Å². The summed E-state index contributed by atoms with van der Waals surface area (Å²) in [4.78, 5) is 34.6. The van der Waals surface area contributed by atoms with Crippen LogP contribution >= 0.6 is 11.6 Å². The number of nitro groups is 1. The van der Waals surface area contributed by atoms with Crippen LogP contribution in [0, 0.1) is 21.4 Å². The minimum Gasteiger partial charge on any atom is -0.452 e. The fraction of sp³-hybridized carbons (Fsp3) is 0.308. The van der Waals surface area contributed by atoms with E-state index in [9.17, 15) is 19.7 Å². The lowest BCUT2D eigenvalue weighted by molar-refractivity contribution is -0.384. The second kappa shape index (κ2) is 7.95. The maximum atomic E-state index is 11.8. The fourth-order valence-corrected chi connectivity index (χ4v) is 1.69. The number of carbonyl (C=O) groups excluding carboxylic acids is 2. The van der Waals surface area contributed by atoms with Crippen molar-refractivity contribution >= 4 is 29.2 Å². The van der Waals surface area contributed by atoms with E-state index >= 15 is 0 Å². The van der Waals surface area contributed by atoms with Gasteiger partial charge in [-0.1, -0.05) is 11.6 Å². The van der Waals surface area contributed by atoms with Crippen LogP contribution in [0.2, 0.25) is 5.02 Å². The maximum Gasteiger partial charge on any atom is 0.340 e. The molecule has 0 radical (unpaired) electrons. The van der Waals surface area contributed by atoms with E-state index in [1.165, 1.54) is 11.9 Å². The number of nitro benzene ring substituents is 1. The van der Waals surface area contributed by atoms with Crippen LogP contribution in [-0.4, -0.2) is 41.9 Å². The monoisotopic (exact) mass is 325 g/mol. The molecule has 0 aliphatic heterocycles. The smallest absolute Gasteiger partial charge is 0.340 e. The summed E-state index contributed by atoms with van der Waals surface area (Å²) in [5.74, 6) is -1.33. The van der Waals surface area contributed by atoms with Crippen LogP contribution in [0.4, 0.5) is 5.69 Å². The fourth-order valence-electron chi connectivity index (χ4n) is 1.44. The van der Waals surface area contributed by atoms with Crippen LogP contribution < -0.4 is 0 Å². The molecule has 1 aromatic carbocycles. The molecule has 8 nitrogen and oxygen atoms in total. The van der Waals surface area contributed by atoms with Gasteiger partial charge in [0.15, 0.2) is 6.61 Å². The highest BCUT2D eigenvalue weighted by atomic mass is 35.5. The number of non-ortho nitro benzene ring substituents is 1. The Labute approximate surface area is 131 Å². The second-order valence-electron chi connectivity index (χ2n) is 4.22. The van der Waals surface area contributed by atoms with Crippen molar-refractivity contribution in [3.8, 4) is 6.07 Å². The van der Waals surface area contributed by atoms with Gasteiger partial charge >= 0.3 is 5.97 Å². The first-order valence-corrected chi connectivity index (χ1v) is 6.46. The van der Waals surface area contributed by atoms with E-state index < -0.39 is 23.4 Å². The van der Waals surface area contributed by atoms with Gasteiger partial charge in [0.05, 0.1) is 28.0 Å². The van der Waals surface area contributed by atoms with Gasteiger partial charge in [0.2, 0.25) is 0 Å². The van der Waals surface area contributed by atoms with E-state index in [-0.39, 0.29) is 29.2 Å². The van der Waals surface area contributed by atoms with Gasteiger partial charge in [0.1, 0.15) is 0 Å². The lowest BCUT2D eigenvalue weighted by Gasteiger charge is -2.15. The topological polar surface area (TPSA) is 114 Å². The third-order valence-electron chi connectivity index (χ3n) is 2.69. The van der Waals surface area contributed by atoms with Gasteiger partial charge in [0, 0.05) is 25.7 Å². The minimum atomic E-state index is -0.859. The van der Waals surface area contributed by atoms with E-state index in [1.807, 2.05) is 6.07 Å². The number of likely N-dealkylation sites (N-methyl/N-ethyl adjacent to an activating group) is 1. The molecule has 0 saturated carbocycles. The molecule has 0 aliphatic carbocycles. The third-order valence-corrected chi connectivity index (χ3v) is 3.01. The van der Waals surface area contributed by atoms with Crippen LogP contribution in [0.25, 0.3) is 0 Å². The zero-order valence-electron chi connectivity index (χ0n) is 11.6. The van der Waals surface area contributed by atoms with Crippen molar-refractivity contribution in [1.82, 2.24) is 4.90 Å². The van der Waals surface area contributed by atoms with Crippen molar-refractivity contribution in [3.63, 3.8) is 0 Å². The molecule has 1 aromatic rings. The standard InChI is InChI=1S/C13H12ClN3O5/c1-16(6-2-5-15)12(18)8-22-13(19)10-4-3-9(17(20)21)7-11(10)14/h3-4,7H,2,6,8H2,1H3. The number of ether oxygens (including phenoxy) is 1. The lowest BCUT2D eigenvalue weighted by Crippen LogP contribution is -2.31. The maximum absolute atomic E-state index is 11.8. The Morgan fingerprint density at radius 1 is 1.50 bits per heavy atom. The first-order chi connectivity index (χ1) is 10.4. The number of amides is 1. The zero-order chi connectivity index (χ0) is 16.7. The largest absolute Gasteiger partial charge is 0.452 e. The molecular formula is C13H12ClN3O5. The molecule has 116 valence electrons. The van der Waals surface area contributed by atoms with Gasteiger partial charge in [-0.05, 0) is 6.07 Å². The summed E-state index contributed by atoms with van der Waals surface area (Å²) in [5.41, 5.74) is -0.325. The molecule has 0 atom stereocenters. The minimum absolute atomic E-state index is 0.0697. The molecule has 22 heavy (non-hydrogen) atoms. The van der Waals surface area contributed by atoms with Crippen LogP contribution in [0.5, 0.6) is 0 Å². The van der Waals surface area contributed by atoms with Crippen LogP contribution in [-0.2, 0) is 9.53 Å². The molecule has 0 aliphatic rings. The van der Waals surface area contributed by atoms with Crippen LogP contribution in [0.3, 0.4) is 0 Å². The molecule has 1 rings (SSSR count). The summed E-state index contributed by atoms with van der Waals surface area (Å²) in [5, 5.41) is 18.9. The van der Waals surface area contributed by atoms with Crippen molar-refractivity contribution in [2.75, 3.05) is 20.2 Å². The number of halogens is 1. The number of nitriles is 1. The summed E-state index contributed by atoms with van der Waals surface area (Å²) < 4.78 is 4.80. The Morgan fingerprint density at radius 3 is 2.73 bits per heavy atom. The van der Waals surface area contributed by atoms with Gasteiger partial charge in [0.25, 0.3) is 11.6 Å². The molecular weight excluding hydrogens is 314 g/mol. The normalized spacial score (nSPS) is 9.68. The molecule has 9 heteroatoms. The first kappa shape index (κ1) is 17.4. The van der Waals surface area contributed by atoms with Gasteiger partial charge < -0.3 is 9.64 Å². The summed E-state index contributed by atoms with van der Waals surface area (Å²) in [7, 11) is 1.48. The quantitative estimate of drug-likeness (QED) is 0.447. The van der Waals surface area contributed by atoms with Crippen molar-refractivity contribution in [1.29, 1.82) is 5.26 Å². The van der Waals surface area contributed by atoms with Crippen LogP contribution in [0.1, 0.15) is 16.8 Å². The predicted octanol–water partition coefficient (Wildman–Crippen LogP) is 1.78. The zero-order valence-corrected chi connectivity index (χ0v) is 12.4. The van der Waals surface area contributed by atoms with Crippen LogP contribution in [0.15, 0.2) is 18.2 Å². The predicted molar refractivity (Wildman–Crippen MR) is 76.3 cm³/mol. The number of carbonyl (C=O) groups is 2. The molecule has 0 spiro atoms. The molecule has 0 unspecified atom stereocenters. The summed E-state index contributed by atoms with van der Waals surface area (Å²) in [6, 6.07) is 5.19. The Hall–Kier alpha value is -2.66. The third kappa shape index (κ3) is 4.71. The van der Waals surface area contributed by atoms with Gasteiger partial charge in [-0.2, -0.15) is 5.26 Å². The van der Waals surface area contributed by atoms with Gasteiger partial charge in [-0.15, -0.1) is 0 Å². The van der Waals surface area contributed by atoms with Crippen molar-refractivity contribution < 1.29 is 19.2 Å². The molecule has 0 N–H and O–H groups in total. The Bertz CT molecular complexity index is 641. The Morgan fingerprint density at radius 2 is 2.18 bits per heavy atom. The number of hydrogen-bond acceptors (Lipinski definition) is 6. The highest BCUT2D eigenvalue weighted by molar-refractivity contribution is 6.33. The van der Waals surface area contributed by atoms with Gasteiger partial charge in [-0.3, -0.25) is 14.9 Å². The highest BCUT2D eigenvalue weighted by Gasteiger charge is 2.18. The van der Waals surface area contributed by atoms with Crippen molar-refractivity contribution in [2.45, 2.75) is 6.42 Å². The molecule has 0 heterocycles. The number of nitrogens with zero attached hydrogens (tertiary/aromatic N) is 3. The average molecular weight is 326 g/mol. The Kier molecular flexibility index (Phi) is 6.28. The SMILES string of the molecule is CN(CCC#N)C(=O)COC(=O)c1ccc([N+](=O)[O-])cc1Cl. The molecule has 0 saturated heterocycles. The summed E-state index contributed by atoms with van der Waals surface area (Å²) in [6.45, 7) is -0.279. The Balaban J connectivity index is 2.65. The number of hydrogen-bond donors (Lipinski definition) is 0. The van der Waals surface area contributed by atoms with E-state index in [4.69, 9.17) is 21.6 Å². The summed E-state index contributed by atoms with van der Waals surface area (Å²) >= 11 is 5.78. The second-order valence-corrected chi connectivity index (χ2v) is 4.63. The molecule has 0 aromatic heterocycles.